The fourth-order valence-corrected chi connectivity index (χ4v) is 5.79. The Balaban J connectivity index is 1.83. The van der Waals surface area contributed by atoms with E-state index >= 15 is 0 Å². The standard InChI is InChI=1S/C38H59N5O4/c1-5-7-9-11-13-14-16-18-23-31(22-17-15-12-10-8-6-2)29-47-27-21-26-40-36(44)32-24-19-20-25-34(32)41-42-35-30(3)33(28-39)37(45)43(4)38(35)46/h19-20,24-25,31,45H,5-18,21-23,26-27,29H2,1-4H3,(H,40,44). The number of benzene rings is 1. The van der Waals surface area contributed by atoms with Gasteiger partial charge in [0.1, 0.15) is 11.6 Å². The number of nitriles is 1. The second-order valence-corrected chi connectivity index (χ2v) is 12.7. The Morgan fingerprint density at radius 3 is 2.09 bits per heavy atom. The lowest BCUT2D eigenvalue weighted by Gasteiger charge is -2.17. The monoisotopic (exact) mass is 649 g/mol. The Hall–Kier alpha value is -3.51. The molecule has 0 aliphatic carbocycles. The second-order valence-electron chi connectivity index (χ2n) is 12.7. The highest BCUT2D eigenvalue weighted by atomic mass is 16.5. The van der Waals surface area contributed by atoms with Crippen LogP contribution in [0.15, 0.2) is 39.3 Å². The molecule has 0 saturated carbocycles. The number of aromatic hydroxyl groups is 1. The minimum Gasteiger partial charge on any atom is -0.493 e. The van der Waals surface area contributed by atoms with Gasteiger partial charge in [-0.25, -0.2) is 0 Å². The Bertz CT molecular complexity index is 1330. The number of hydrogen-bond acceptors (Lipinski definition) is 7. The van der Waals surface area contributed by atoms with Crippen LogP contribution in [-0.4, -0.2) is 35.3 Å². The molecular weight excluding hydrogens is 590 g/mol. The summed E-state index contributed by atoms with van der Waals surface area (Å²) in [6, 6.07) is 8.67. The minimum atomic E-state index is -0.586. The van der Waals surface area contributed by atoms with Gasteiger partial charge in [-0.15, -0.1) is 10.2 Å². The first-order valence-corrected chi connectivity index (χ1v) is 18.0. The number of azo groups is 1. The summed E-state index contributed by atoms with van der Waals surface area (Å²) in [5.41, 5.74) is 0.160. The van der Waals surface area contributed by atoms with Crippen LogP contribution in [0.1, 0.15) is 144 Å². The maximum Gasteiger partial charge on any atom is 0.281 e. The summed E-state index contributed by atoms with van der Waals surface area (Å²) < 4.78 is 7.07. The van der Waals surface area contributed by atoms with Crippen LogP contribution in [0.4, 0.5) is 11.4 Å². The summed E-state index contributed by atoms with van der Waals surface area (Å²) in [4.78, 5) is 25.7. The molecule has 2 rings (SSSR count). The lowest BCUT2D eigenvalue weighted by atomic mass is 9.94. The molecule has 1 aromatic heterocycles. The molecule has 1 unspecified atom stereocenters. The summed E-state index contributed by atoms with van der Waals surface area (Å²) in [7, 11) is 1.36. The maximum absolute atomic E-state index is 13.0. The number of nitrogens with one attached hydrogen (secondary N) is 1. The van der Waals surface area contributed by atoms with Gasteiger partial charge in [-0.1, -0.05) is 116 Å². The minimum absolute atomic E-state index is 0.0452. The number of carbonyl (C=O) groups is 1. The third-order valence-corrected chi connectivity index (χ3v) is 8.83. The molecule has 0 bridgehead atoms. The van der Waals surface area contributed by atoms with Crippen molar-refractivity contribution in [2.75, 3.05) is 19.8 Å². The summed E-state index contributed by atoms with van der Waals surface area (Å²) in [6.45, 7) is 7.90. The highest BCUT2D eigenvalue weighted by molar-refractivity contribution is 5.98. The van der Waals surface area contributed by atoms with E-state index in [1.807, 2.05) is 6.07 Å². The summed E-state index contributed by atoms with van der Waals surface area (Å²) >= 11 is 0. The van der Waals surface area contributed by atoms with Crippen molar-refractivity contribution in [2.45, 2.75) is 130 Å². The molecule has 0 aliphatic heterocycles. The molecule has 2 aromatic rings. The SMILES string of the molecule is CCCCCCCCCCC(CCCCCCCC)COCCCNC(=O)c1ccccc1N=Nc1c(C)c(C#N)c(O)n(C)c1=O. The van der Waals surface area contributed by atoms with Gasteiger partial charge in [-0.2, -0.15) is 5.26 Å². The van der Waals surface area contributed by atoms with Gasteiger partial charge >= 0.3 is 0 Å². The molecule has 0 aliphatic rings. The van der Waals surface area contributed by atoms with E-state index in [2.05, 4.69) is 29.4 Å². The highest BCUT2D eigenvalue weighted by Gasteiger charge is 2.18. The van der Waals surface area contributed by atoms with Gasteiger partial charge < -0.3 is 15.2 Å². The predicted molar refractivity (Wildman–Crippen MR) is 190 cm³/mol. The fraction of sp³-hybridized carbons (Fsp3) is 0.658. The van der Waals surface area contributed by atoms with Crippen LogP contribution in [0.2, 0.25) is 0 Å². The van der Waals surface area contributed by atoms with Crippen LogP contribution >= 0.6 is 0 Å². The number of amides is 1. The highest BCUT2D eigenvalue weighted by Crippen LogP contribution is 2.27. The van der Waals surface area contributed by atoms with Gasteiger partial charge in [0.05, 0.1) is 11.3 Å². The van der Waals surface area contributed by atoms with Crippen LogP contribution in [0.3, 0.4) is 0 Å². The van der Waals surface area contributed by atoms with Gasteiger partial charge in [0.15, 0.2) is 5.69 Å². The quantitative estimate of drug-likeness (QED) is 0.0817. The zero-order valence-electron chi connectivity index (χ0n) is 29.5. The molecule has 47 heavy (non-hydrogen) atoms. The van der Waals surface area contributed by atoms with Crippen molar-refractivity contribution >= 4 is 17.3 Å². The van der Waals surface area contributed by atoms with E-state index in [-0.39, 0.29) is 22.7 Å². The Kier molecular flexibility index (Phi) is 20.0. The van der Waals surface area contributed by atoms with E-state index < -0.39 is 11.4 Å². The average molecular weight is 650 g/mol. The number of unbranched alkanes of at least 4 members (excludes halogenated alkanes) is 12. The molecule has 9 heteroatoms. The van der Waals surface area contributed by atoms with Gasteiger partial charge in [0.25, 0.3) is 11.5 Å². The topological polar surface area (TPSA) is 129 Å². The van der Waals surface area contributed by atoms with Gasteiger partial charge in [0.2, 0.25) is 5.88 Å². The second kappa shape index (κ2) is 23.8. The van der Waals surface area contributed by atoms with Crippen molar-refractivity contribution < 1.29 is 14.6 Å². The maximum atomic E-state index is 13.0. The molecule has 2 N–H and O–H groups in total. The lowest BCUT2D eigenvalue weighted by Crippen LogP contribution is -2.25. The first kappa shape index (κ1) is 39.7. The Morgan fingerprint density at radius 2 is 1.49 bits per heavy atom. The number of hydrogen-bond donors (Lipinski definition) is 2. The van der Waals surface area contributed by atoms with Crippen LogP contribution < -0.4 is 10.9 Å². The number of carbonyl (C=O) groups excluding carboxylic acids is 1. The Morgan fingerprint density at radius 1 is 0.915 bits per heavy atom. The van der Waals surface area contributed by atoms with Crippen LogP contribution in [-0.2, 0) is 11.8 Å². The predicted octanol–water partition coefficient (Wildman–Crippen LogP) is 9.72. The first-order valence-electron chi connectivity index (χ1n) is 18.0. The lowest BCUT2D eigenvalue weighted by molar-refractivity contribution is 0.0857. The van der Waals surface area contributed by atoms with Crippen LogP contribution in [0.25, 0.3) is 0 Å². The van der Waals surface area contributed by atoms with E-state index in [1.54, 1.807) is 24.3 Å². The molecule has 1 aromatic carbocycles. The van der Waals surface area contributed by atoms with E-state index in [0.29, 0.717) is 36.7 Å². The third-order valence-electron chi connectivity index (χ3n) is 8.83. The van der Waals surface area contributed by atoms with Gasteiger partial charge in [-0.3, -0.25) is 14.2 Å². The number of nitrogens with zero attached hydrogens (tertiary/aromatic N) is 4. The third kappa shape index (κ3) is 14.4. The van der Waals surface area contributed by atoms with E-state index in [1.165, 1.54) is 117 Å². The van der Waals surface area contributed by atoms with E-state index in [0.717, 1.165) is 11.2 Å². The largest absolute Gasteiger partial charge is 0.493 e. The van der Waals surface area contributed by atoms with Gasteiger partial charge in [0, 0.05) is 32.4 Å². The Labute approximate surface area is 282 Å². The summed E-state index contributed by atoms with van der Waals surface area (Å²) in [6.07, 6.45) is 21.8. The molecule has 1 heterocycles. The first-order chi connectivity index (χ1) is 22.8. The average Bonchev–Trinajstić information content (AvgIpc) is 3.07. The molecule has 0 saturated heterocycles. The fourth-order valence-electron chi connectivity index (χ4n) is 5.79. The summed E-state index contributed by atoms with van der Waals surface area (Å²) in [5, 5.41) is 30.7. The molecule has 0 spiro atoms. The smallest absolute Gasteiger partial charge is 0.281 e. The van der Waals surface area contributed by atoms with Crippen molar-refractivity contribution in [1.29, 1.82) is 5.26 Å². The summed E-state index contributed by atoms with van der Waals surface area (Å²) in [5.74, 6) is -0.107. The molecular formula is C38H59N5O4. The van der Waals surface area contributed by atoms with Crippen molar-refractivity contribution in [3.05, 3.63) is 51.3 Å². The van der Waals surface area contributed by atoms with Crippen LogP contribution in [0, 0.1) is 24.2 Å². The number of rotatable bonds is 25. The van der Waals surface area contributed by atoms with E-state index in [9.17, 15) is 20.0 Å². The van der Waals surface area contributed by atoms with Gasteiger partial charge in [-0.05, 0) is 44.2 Å². The number of ether oxygens (including phenoxy) is 1. The zero-order valence-corrected chi connectivity index (χ0v) is 29.5. The normalized spacial score (nSPS) is 12.0. The van der Waals surface area contributed by atoms with Crippen molar-refractivity contribution in [1.82, 2.24) is 9.88 Å². The number of pyridine rings is 1. The molecule has 1 amide bonds. The van der Waals surface area contributed by atoms with E-state index in [4.69, 9.17) is 4.74 Å². The molecule has 0 radical (unpaired) electrons. The number of aromatic nitrogens is 1. The molecule has 1 atom stereocenters. The zero-order chi connectivity index (χ0) is 34.3. The van der Waals surface area contributed by atoms with Crippen molar-refractivity contribution in [3.8, 4) is 11.9 Å². The molecule has 9 nitrogen and oxygen atoms in total. The van der Waals surface area contributed by atoms with Crippen molar-refractivity contribution in [2.24, 2.45) is 23.2 Å². The molecule has 260 valence electrons. The molecule has 0 fully saturated rings. The van der Waals surface area contributed by atoms with Crippen molar-refractivity contribution in [3.63, 3.8) is 0 Å². The van der Waals surface area contributed by atoms with Crippen LogP contribution in [0.5, 0.6) is 5.88 Å².